The molecule has 126 valence electrons. The molecule has 0 heterocycles. The van der Waals surface area contributed by atoms with Gasteiger partial charge in [0.25, 0.3) is 0 Å². The fourth-order valence-corrected chi connectivity index (χ4v) is 2.66. The van der Waals surface area contributed by atoms with E-state index in [1.165, 1.54) is 6.07 Å². The Balaban J connectivity index is 1.61. The van der Waals surface area contributed by atoms with Gasteiger partial charge in [-0.15, -0.1) is 0 Å². The maximum Gasteiger partial charge on any atom is 0.238 e. The van der Waals surface area contributed by atoms with Crippen molar-refractivity contribution in [1.82, 2.24) is 4.90 Å². The quantitative estimate of drug-likeness (QED) is 0.846. The van der Waals surface area contributed by atoms with Crippen LogP contribution in [0.3, 0.4) is 0 Å². The average molecular weight is 328 g/mol. The van der Waals surface area contributed by atoms with Crippen LogP contribution in [0, 0.1) is 5.82 Å². The summed E-state index contributed by atoms with van der Waals surface area (Å²) in [4.78, 5) is 14.4. The van der Waals surface area contributed by atoms with Crippen LogP contribution in [0.5, 0.6) is 5.75 Å². The molecule has 0 spiro atoms. The third-order valence-electron chi connectivity index (χ3n) is 4.10. The second-order valence-corrected chi connectivity index (χ2v) is 6.01. The predicted molar refractivity (Wildman–Crippen MR) is 91.5 cm³/mol. The van der Waals surface area contributed by atoms with E-state index in [0.29, 0.717) is 12.6 Å². The number of hydrogen-bond donors (Lipinski definition) is 1. The number of carbonyl (C=O) groups is 1. The fourth-order valence-electron chi connectivity index (χ4n) is 2.66. The molecule has 2 aromatic carbocycles. The molecule has 1 saturated carbocycles. The first-order valence-electron chi connectivity index (χ1n) is 8.07. The van der Waals surface area contributed by atoms with Gasteiger partial charge >= 0.3 is 0 Å². The Morgan fingerprint density at radius 3 is 2.54 bits per heavy atom. The Morgan fingerprint density at radius 1 is 1.21 bits per heavy atom. The molecule has 0 unspecified atom stereocenters. The van der Waals surface area contributed by atoms with Gasteiger partial charge < -0.3 is 10.1 Å². The first-order valence-corrected chi connectivity index (χ1v) is 8.07. The Hall–Kier alpha value is -2.40. The molecule has 0 aliphatic heterocycles. The molecule has 24 heavy (non-hydrogen) atoms. The van der Waals surface area contributed by atoms with Crippen molar-refractivity contribution < 1.29 is 13.9 Å². The van der Waals surface area contributed by atoms with Gasteiger partial charge in [0.05, 0.1) is 19.3 Å². The van der Waals surface area contributed by atoms with E-state index in [1.807, 2.05) is 24.3 Å². The van der Waals surface area contributed by atoms with Crippen LogP contribution in [0.2, 0.25) is 0 Å². The standard InChI is InChI=1S/C19H21FN2O2/c1-24-16-10-6-14(7-11-16)12-22(15-8-9-15)13-19(23)21-18-5-3-2-4-17(18)20/h2-7,10-11,15H,8-9,12-13H2,1H3,(H,21,23). The van der Waals surface area contributed by atoms with Crippen LogP contribution in [0.25, 0.3) is 0 Å². The monoisotopic (exact) mass is 328 g/mol. The molecule has 1 N–H and O–H groups in total. The van der Waals surface area contributed by atoms with Gasteiger partial charge in [-0.1, -0.05) is 24.3 Å². The highest BCUT2D eigenvalue weighted by Crippen LogP contribution is 2.28. The molecule has 0 radical (unpaired) electrons. The number of methoxy groups -OCH3 is 1. The third-order valence-corrected chi connectivity index (χ3v) is 4.10. The van der Waals surface area contributed by atoms with Crippen molar-refractivity contribution in [3.8, 4) is 5.75 Å². The number of benzene rings is 2. The maximum atomic E-state index is 13.6. The number of halogens is 1. The lowest BCUT2D eigenvalue weighted by atomic mass is 10.2. The molecule has 4 nitrogen and oxygen atoms in total. The number of amides is 1. The summed E-state index contributed by atoms with van der Waals surface area (Å²) in [5.74, 6) is 0.202. The van der Waals surface area contributed by atoms with Crippen molar-refractivity contribution in [3.05, 3.63) is 59.9 Å². The molecule has 3 rings (SSSR count). The smallest absolute Gasteiger partial charge is 0.238 e. The molecule has 2 aromatic rings. The number of hydrogen-bond acceptors (Lipinski definition) is 3. The zero-order valence-electron chi connectivity index (χ0n) is 13.7. The second kappa shape index (κ2) is 7.45. The number of nitrogens with zero attached hydrogens (tertiary/aromatic N) is 1. The van der Waals surface area contributed by atoms with Crippen molar-refractivity contribution in [2.45, 2.75) is 25.4 Å². The number of ether oxygens (including phenoxy) is 1. The fraction of sp³-hybridized carbons (Fsp3) is 0.316. The van der Waals surface area contributed by atoms with Gasteiger partial charge in [0.15, 0.2) is 0 Å². The summed E-state index contributed by atoms with van der Waals surface area (Å²) >= 11 is 0. The number of anilines is 1. The number of rotatable bonds is 7. The van der Waals surface area contributed by atoms with E-state index in [9.17, 15) is 9.18 Å². The van der Waals surface area contributed by atoms with E-state index in [0.717, 1.165) is 24.2 Å². The van der Waals surface area contributed by atoms with Gasteiger partial charge in [0, 0.05) is 12.6 Å². The van der Waals surface area contributed by atoms with Crippen molar-refractivity contribution in [2.24, 2.45) is 0 Å². The van der Waals surface area contributed by atoms with E-state index in [4.69, 9.17) is 4.74 Å². The molecule has 5 heteroatoms. The second-order valence-electron chi connectivity index (χ2n) is 6.01. The van der Waals surface area contributed by atoms with Crippen LogP contribution in [0.15, 0.2) is 48.5 Å². The highest BCUT2D eigenvalue weighted by molar-refractivity contribution is 5.92. The van der Waals surface area contributed by atoms with Crippen molar-refractivity contribution in [3.63, 3.8) is 0 Å². The largest absolute Gasteiger partial charge is 0.497 e. The minimum absolute atomic E-state index is 0.194. The normalized spacial score (nSPS) is 13.8. The molecule has 1 aliphatic carbocycles. The Labute approximate surface area is 141 Å². The van der Waals surface area contributed by atoms with E-state index in [1.54, 1.807) is 25.3 Å². The molecular formula is C19H21FN2O2. The van der Waals surface area contributed by atoms with E-state index >= 15 is 0 Å². The van der Waals surface area contributed by atoms with E-state index in [2.05, 4.69) is 10.2 Å². The van der Waals surface area contributed by atoms with E-state index in [-0.39, 0.29) is 18.1 Å². The first kappa shape index (κ1) is 16.5. The zero-order chi connectivity index (χ0) is 16.9. The highest BCUT2D eigenvalue weighted by atomic mass is 19.1. The number of para-hydroxylation sites is 1. The van der Waals surface area contributed by atoms with Crippen LogP contribution in [0.4, 0.5) is 10.1 Å². The lowest BCUT2D eigenvalue weighted by molar-refractivity contribution is -0.117. The SMILES string of the molecule is COc1ccc(CN(CC(=O)Nc2ccccc2F)C2CC2)cc1. The first-order chi connectivity index (χ1) is 11.7. The van der Waals surface area contributed by atoms with Crippen LogP contribution in [0.1, 0.15) is 18.4 Å². The molecule has 0 atom stereocenters. The predicted octanol–water partition coefficient (Wildman–Crippen LogP) is 3.44. The summed E-state index contributed by atoms with van der Waals surface area (Å²) < 4.78 is 18.8. The lowest BCUT2D eigenvalue weighted by Gasteiger charge is -2.21. The van der Waals surface area contributed by atoms with Gasteiger partial charge in [0.2, 0.25) is 5.91 Å². The summed E-state index contributed by atoms with van der Waals surface area (Å²) in [7, 11) is 1.64. The van der Waals surface area contributed by atoms with Gasteiger partial charge in [-0.2, -0.15) is 0 Å². The third kappa shape index (κ3) is 4.32. The minimum atomic E-state index is -0.418. The molecule has 1 aliphatic rings. The highest BCUT2D eigenvalue weighted by Gasteiger charge is 2.30. The van der Waals surface area contributed by atoms with Crippen LogP contribution < -0.4 is 10.1 Å². The minimum Gasteiger partial charge on any atom is -0.497 e. The number of nitrogens with one attached hydrogen (secondary N) is 1. The molecule has 0 saturated heterocycles. The Kier molecular flexibility index (Phi) is 5.11. The van der Waals surface area contributed by atoms with Crippen LogP contribution in [-0.4, -0.2) is 30.5 Å². The Bertz CT molecular complexity index is 699. The van der Waals surface area contributed by atoms with Gasteiger partial charge in [-0.25, -0.2) is 4.39 Å². The summed E-state index contributed by atoms with van der Waals surface area (Å²) in [6.45, 7) is 0.949. The Morgan fingerprint density at radius 2 is 1.92 bits per heavy atom. The molecular weight excluding hydrogens is 307 g/mol. The summed E-state index contributed by atoms with van der Waals surface area (Å²) in [5.41, 5.74) is 1.35. The van der Waals surface area contributed by atoms with Crippen molar-refractivity contribution in [2.75, 3.05) is 19.0 Å². The summed E-state index contributed by atoms with van der Waals surface area (Å²) in [6.07, 6.45) is 2.20. The van der Waals surface area contributed by atoms with E-state index < -0.39 is 5.82 Å². The van der Waals surface area contributed by atoms with Gasteiger partial charge in [-0.3, -0.25) is 9.69 Å². The maximum absolute atomic E-state index is 13.6. The topological polar surface area (TPSA) is 41.6 Å². The molecule has 0 bridgehead atoms. The average Bonchev–Trinajstić information content (AvgIpc) is 3.42. The lowest BCUT2D eigenvalue weighted by Crippen LogP contribution is -2.34. The zero-order valence-corrected chi connectivity index (χ0v) is 13.7. The van der Waals surface area contributed by atoms with Gasteiger partial charge in [-0.05, 0) is 42.7 Å². The van der Waals surface area contributed by atoms with Crippen molar-refractivity contribution >= 4 is 11.6 Å². The molecule has 1 amide bonds. The van der Waals surface area contributed by atoms with Crippen LogP contribution >= 0.6 is 0 Å². The van der Waals surface area contributed by atoms with Crippen LogP contribution in [-0.2, 0) is 11.3 Å². The summed E-state index contributed by atoms with van der Waals surface area (Å²) in [5, 5.41) is 2.65. The van der Waals surface area contributed by atoms with Gasteiger partial charge in [0.1, 0.15) is 11.6 Å². The number of carbonyl (C=O) groups excluding carboxylic acids is 1. The summed E-state index contributed by atoms with van der Waals surface area (Å²) in [6, 6.07) is 14.5. The molecule has 0 aromatic heterocycles. The van der Waals surface area contributed by atoms with Crippen molar-refractivity contribution in [1.29, 1.82) is 0 Å². The molecule has 1 fully saturated rings.